The number of hydrogen-bond acceptors (Lipinski definition) is 8. The van der Waals surface area contributed by atoms with Gasteiger partial charge in [0, 0.05) is 18.8 Å². The van der Waals surface area contributed by atoms with Crippen molar-refractivity contribution in [2.45, 2.75) is 49.4 Å². The Morgan fingerprint density at radius 3 is 2.40 bits per heavy atom. The number of carbonyl (C=O) groups is 2. The van der Waals surface area contributed by atoms with Crippen LogP contribution in [-0.2, 0) is 14.6 Å². The number of aromatic nitrogens is 1. The highest BCUT2D eigenvalue weighted by Crippen LogP contribution is 2.28. The Labute approximate surface area is 180 Å². The van der Waals surface area contributed by atoms with Gasteiger partial charge in [-0.05, 0) is 57.9 Å². The van der Waals surface area contributed by atoms with Crippen LogP contribution in [0.25, 0.3) is 0 Å². The molecule has 2 heterocycles. The maximum absolute atomic E-state index is 13.0. The van der Waals surface area contributed by atoms with Crippen LogP contribution in [0.1, 0.15) is 43.3 Å². The number of benzene rings is 1. The van der Waals surface area contributed by atoms with Crippen LogP contribution in [0.15, 0.2) is 35.4 Å². The van der Waals surface area contributed by atoms with Gasteiger partial charge in [-0.1, -0.05) is 11.3 Å². The van der Waals surface area contributed by atoms with E-state index in [1.54, 1.807) is 49.9 Å². The Morgan fingerprint density at radius 2 is 1.87 bits per heavy atom. The summed E-state index contributed by atoms with van der Waals surface area (Å²) in [6.45, 7) is 6.10. The Bertz CT molecular complexity index is 1000. The molecule has 10 heteroatoms. The van der Waals surface area contributed by atoms with E-state index in [0.29, 0.717) is 41.6 Å². The predicted molar refractivity (Wildman–Crippen MR) is 115 cm³/mol. The third-order valence-electron chi connectivity index (χ3n) is 4.61. The zero-order valence-corrected chi connectivity index (χ0v) is 18.8. The number of carbonyl (C=O) groups excluding carboxylic acids is 2. The van der Waals surface area contributed by atoms with Crippen LogP contribution in [0.5, 0.6) is 0 Å². The minimum Gasteiger partial charge on any atom is -0.444 e. The molecule has 1 aromatic heterocycles. The number of likely N-dealkylation sites (tertiary alicyclic amines) is 1. The smallest absolute Gasteiger partial charge is 0.410 e. The van der Waals surface area contributed by atoms with Gasteiger partial charge in [0.05, 0.1) is 21.2 Å². The molecule has 1 saturated heterocycles. The van der Waals surface area contributed by atoms with Crippen molar-refractivity contribution in [2.24, 2.45) is 0 Å². The van der Waals surface area contributed by atoms with Crippen molar-refractivity contribution in [3.8, 4) is 0 Å². The largest absolute Gasteiger partial charge is 0.444 e. The van der Waals surface area contributed by atoms with Gasteiger partial charge in [-0.2, -0.15) is 0 Å². The molecule has 162 valence electrons. The molecule has 1 aliphatic rings. The number of nitrogens with zero attached hydrogens (tertiary/aromatic N) is 2. The van der Waals surface area contributed by atoms with Gasteiger partial charge < -0.3 is 15.0 Å². The van der Waals surface area contributed by atoms with Crippen LogP contribution in [0.2, 0.25) is 0 Å². The van der Waals surface area contributed by atoms with Crippen molar-refractivity contribution >= 4 is 44.4 Å². The predicted octanol–water partition coefficient (Wildman–Crippen LogP) is 3.87. The molecule has 2 aromatic rings. The molecule has 0 unspecified atom stereocenters. The van der Waals surface area contributed by atoms with E-state index >= 15 is 0 Å². The lowest BCUT2D eigenvalue weighted by Crippen LogP contribution is -2.44. The minimum absolute atomic E-state index is 0.247. The van der Waals surface area contributed by atoms with Crippen LogP contribution in [0, 0.1) is 0 Å². The van der Waals surface area contributed by atoms with Crippen molar-refractivity contribution in [1.82, 2.24) is 9.88 Å². The fraction of sp³-hybridized carbons (Fsp3) is 0.450. The first kappa shape index (κ1) is 22.2. The van der Waals surface area contributed by atoms with Gasteiger partial charge in [-0.25, -0.2) is 18.2 Å². The lowest BCUT2D eigenvalue weighted by atomic mass is 10.1. The first-order chi connectivity index (χ1) is 14.1. The Morgan fingerprint density at radius 1 is 1.23 bits per heavy atom. The van der Waals surface area contributed by atoms with Gasteiger partial charge in [0.25, 0.3) is 0 Å². The molecule has 1 aromatic carbocycles. The zero-order chi connectivity index (χ0) is 21.9. The number of rotatable bonds is 5. The quantitative estimate of drug-likeness (QED) is 0.688. The average Bonchev–Trinajstić information content (AvgIpc) is 3.15. The third kappa shape index (κ3) is 5.37. The molecule has 0 spiro atoms. The third-order valence-corrected chi connectivity index (χ3v) is 7.72. The maximum atomic E-state index is 13.0. The molecule has 1 fully saturated rings. The zero-order valence-electron chi connectivity index (χ0n) is 17.1. The van der Waals surface area contributed by atoms with E-state index in [1.165, 1.54) is 17.5 Å². The molecule has 0 aliphatic carbocycles. The fourth-order valence-electron chi connectivity index (χ4n) is 3.12. The molecular formula is C20H25N3O5S2. The second-order valence-electron chi connectivity index (χ2n) is 8.05. The Balaban J connectivity index is 1.62. The first-order valence-corrected chi connectivity index (χ1v) is 11.9. The van der Waals surface area contributed by atoms with E-state index in [0.717, 1.165) is 6.29 Å². The number of thiazole rings is 1. The van der Waals surface area contributed by atoms with Gasteiger partial charge in [-0.15, -0.1) is 0 Å². The summed E-state index contributed by atoms with van der Waals surface area (Å²) in [4.78, 5) is 29.3. The molecule has 0 saturated carbocycles. The van der Waals surface area contributed by atoms with Crippen molar-refractivity contribution in [3.05, 3.63) is 35.3 Å². The molecule has 1 aliphatic heterocycles. The van der Waals surface area contributed by atoms with Gasteiger partial charge in [0.1, 0.15) is 5.60 Å². The van der Waals surface area contributed by atoms with E-state index in [2.05, 4.69) is 10.3 Å². The Hall–Kier alpha value is -2.46. The number of hydrogen-bond donors (Lipinski definition) is 1. The molecule has 8 nitrogen and oxygen atoms in total. The monoisotopic (exact) mass is 451 g/mol. The van der Waals surface area contributed by atoms with Crippen molar-refractivity contribution in [2.75, 3.05) is 18.4 Å². The van der Waals surface area contributed by atoms with Crippen molar-refractivity contribution in [3.63, 3.8) is 0 Å². The van der Waals surface area contributed by atoms with Gasteiger partial charge >= 0.3 is 6.09 Å². The summed E-state index contributed by atoms with van der Waals surface area (Å²) in [7, 11) is -3.50. The van der Waals surface area contributed by atoms with E-state index in [4.69, 9.17) is 4.74 Å². The van der Waals surface area contributed by atoms with Gasteiger partial charge in [0.2, 0.25) is 0 Å². The van der Waals surface area contributed by atoms with Crippen LogP contribution < -0.4 is 5.32 Å². The maximum Gasteiger partial charge on any atom is 0.410 e. The summed E-state index contributed by atoms with van der Waals surface area (Å²) in [5, 5.41) is 3.07. The number of amides is 1. The first-order valence-electron chi connectivity index (χ1n) is 9.58. The highest BCUT2D eigenvalue weighted by Gasteiger charge is 2.34. The number of ether oxygens (including phenoxy) is 1. The second kappa shape index (κ2) is 8.73. The van der Waals surface area contributed by atoms with Crippen LogP contribution in [0.3, 0.4) is 0 Å². The fourth-order valence-corrected chi connectivity index (χ4v) is 5.50. The lowest BCUT2D eigenvalue weighted by Gasteiger charge is -2.33. The van der Waals surface area contributed by atoms with Crippen LogP contribution in [-0.4, -0.2) is 54.6 Å². The highest BCUT2D eigenvalue weighted by molar-refractivity contribution is 7.92. The van der Waals surface area contributed by atoms with Crippen molar-refractivity contribution < 1.29 is 22.7 Å². The molecule has 1 amide bonds. The number of piperidine rings is 1. The summed E-state index contributed by atoms with van der Waals surface area (Å²) in [6.07, 6.45) is 2.54. The van der Waals surface area contributed by atoms with E-state index in [9.17, 15) is 18.0 Å². The lowest BCUT2D eigenvalue weighted by molar-refractivity contribution is 0.0217. The highest BCUT2D eigenvalue weighted by atomic mass is 32.2. The molecule has 0 atom stereocenters. The summed E-state index contributed by atoms with van der Waals surface area (Å²) in [5.74, 6) is 0. The molecule has 0 bridgehead atoms. The SMILES string of the molecule is CC(C)(C)OC(=O)N1CCC(S(=O)(=O)c2ccc(Nc3ncc(C=O)s3)cc2)CC1. The number of nitrogens with one attached hydrogen (secondary N) is 1. The van der Waals surface area contributed by atoms with E-state index < -0.39 is 26.8 Å². The van der Waals surface area contributed by atoms with Crippen molar-refractivity contribution in [1.29, 1.82) is 0 Å². The molecule has 1 N–H and O–H groups in total. The molecule has 3 rings (SSSR count). The van der Waals surface area contributed by atoms with E-state index in [-0.39, 0.29) is 4.90 Å². The van der Waals surface area contributed by atoms with Gasteiger partial charge in [0.15, 0.2) is 21.3 Å². The number of anilines is 2. The summed E-state index contributed by atoms with van der Waals surface area (Å²) < 4.78 is 31.4. The second-order valence-corrected chi connectivity index (χ2v) is 11.3. The molecule has 0 radical (unpaired) electrons. The van der Waals surface area contributed by atoms with Crippen LogP contribution in [0.4, 0.5) is 15.6 Å². The van der Waals surface area contributed by atoms with E-state index in [1.807, 2.05) is 0 Å². The Kier molecular flexibility index (Phi) is 6.47. The summed E-state index contributed by atoms with van der Waals surface area (Å²) in [5.41, 5.74) is 0.101. The molecule has 30 heavy (non-hydrogen) atoms. The van der Waals surface area contributed by atoms with Gasteiger partial charge in [-0.3, -0.25) is 4.79 Å². The minimum atomic E-state index is -3.50. The molecular weight excluding hydrogens is 426 g/mol. The summed E-state index contributed by atoms with van der Waals surface area (Å²) in [6, 6.07) is 6.47. The summed E-state index contributed by atoms with van der Waals surface area (Å²) >= 11 is 1.21. The number of aldehydes is 1. The topological polar surface area (TPSA) is 106 Å². The standard InChI is InChI=1S/C20H25N3O5S2/c1-20(2,3)28-19(25)23-10-8-17(9-11-23)30(26,27)16-6-4-14(5-7-16)22-18-21-12-15(13-24)29-18/h4-7,12-13,17H,8-11H2,1-3H3,(H,21,22). The normalized spacial score (nSPS) is 15.6. The van der Waals surface area contributed by atoms with Crippen LogP contribution >= 0.6 is 11.3 Å². The number of sulfone groups is 1. The average molecular weight is 452 g/mol.